The second-order valence-electron chi connectivity index (χ2n) is 4.11. The summed E-state index contributed by atoms with van der Waals surface area (Å²) < 4.78 is 0. The highest BCUT2D eigenvalue weighted by Gasteiger charge is 2.16. The molecule has 1 fully saturated rings. The molecule has 0 amide bonds. The maximum atomic E-state index is 11.4. The summed E-state index contributed by atoms with van der Waals surface area (Å²) in [5.74, 6) is 0.410. The zero-order chi connectivity index (χ0) is 11.5. The van der Waals surface area contributed by atoms with Crippen molar-refractivity contribution in [1.29, 1.82) is 0 Å². The van der Waals surface area contributed by atoms with E-state index in [9.17, 15) is 9.90 Å². The fourth-order valence-corrected chi connectivity index (χ4v) is 1.82. The molecular weight excluding hydrogens is 202 g/mol. The molecule has 0 aliphatic heterocycles. The second-order valence-corrected chi connectivity index (χ2v) is 4.11. The van der Waals surface area contributed by atoms with E-state index in [1.54, 1.807) is 12.3 Å². The van der Waals surface area contributed by atoms with Crippen molar-refractivity contribution in [1.82, 2.24) is 0 Å². The van der Waals surface area contributed by atoms with Gasteiger partial charge in [0, 0.05) is 18.2 Å². The number of hydrogen-bond acceptors (Lipinski definition) is 3. The minimum atomic E-state index is 0.202. The maximum absolute atomic E-state index is 11.4. The lowest BCUT2D eigenvalue weighted by Gasteiger charge is -2.06. The Labute approximate surface area is 94.8 Å². The van der Waals surface area contributed by atoms with Gasteiger partial charge in [-0.2, -0.15) is 0 Å². The van der Waals surface area contributed by atoms with E-state index >= 15 is 0 Å². The van der Waals surface area contributed by atoms with Crippen LogP contribution < -0.4 is 5.32 Å². The zero-order valence-electron chi connectivity index (χ0n) is 9.29. The Morgan fingerprint density at radius 1 is 1.38 bits per heavy atom. The summed E-state index contributed by atoms with van der Waals surface area (Å²) in [5.41, 5.74) is 2.53. The van der Waals surface area contributed by atoms with E-state index in [1.165, 1.54) is 0 Å². The molecule has 0 bridgehead atoms. The predicted molar refractivity (Wildman–Crippen MR) is 63.4 cm³/mol. The number of nitrogens with one attached hydrogen (secondary N) is 1. The molecule has 16 heavy (non-hydrogen) atoms. The lowest BCUT2D eigenvalue weighted by atomic mass is 10.2. The number of rotatable bonds is 2. The van der Waals surface area contributed by atoms with Crippen molar-refractivity contribution in [2.45, 2.75) is 26.2 Å². The summed E-state index contributed by atoms with van der Waals surface area (Å²) in [6.45, 7) is 1.96. The highest BCUT2D eigenvalue weighted by molar-refractivity contribution is 5.97. The molecule has 0 heterocycles. The average molecular weight is 217 g/mol. The van der Waals surface area contributed by atoms with Gasteiger partial charge in [0.2, 0.25) is 0 Å². The molecule has 84 valence electrons. The molecule has 0 saturated heterocycles. The normalized spacial score (nSPS) is 18.1. The van der Waals surface area contributed by atoms with Crippen molar-refractivity contribution in [3.8, 4) is 5.75 Å². The molecule has 1 aromatic rings. The van der Waals surface area contributed by atoms with E-state index in [0.29, 0.717) is 12.1 Å². The Balaban J connectivity index is 2.15. The van der Waals surface area contributed by atoms with Gasteiger partial charge in [0.05, 0.1) is 5.69 Å². The van der Waals surface area contributed by atoms with Gasteiger partial charge in [0.25, 0.3) is 0 Å². The summed E-state index contributed by atoms with van der Waals surface area (Å²) in [6.07, 6.45) is 4.13. The van der Waals surface area contributed by atoms with Gasteiger partial charge in [-0.15, -0.1) is 0 Å². The number of allylic oxidation sites excluding steroid dienone is 1. The number of phenolic OH excluding ortho intramolecular Hbond substituents is 1. The monoisotopic (exact) mass is 217 g/mol. The Morgan fingerprint density at radius 2 is 2.19 bits per heavy atom. The fraction of sp³-hybridized carbons (Fsp3) is 0.308. The molecular formula is C13H15NO2. The van der Waals surface area contributed by atoms with E-state index in [-0.39, 0.29) is 11.5 Å². The van der Waals surface area contributed by atoms with Crippen molar-refractivity contribution in [2.24, 2.45) is 0 Å². The molecule has 3 heteroatoms. The van der Waals surface area contributed by atoms with Gasteiger partial charge >= 0.3 is 0 Å². The molecule has 1 aromatic carbocycles. The maximum Gasteiger partial charge on any atom is 0.160 e. The van der Waals surface area contributed by atoms with Gasteiger partial charge < -0.3 is 10.4 Å². The van der Waals surface area contributed by atoms with E-state index in [2.05, 4.69) is 5.32 Å². The second kappa shape index (κ2) is 4.39. The van der Waals surface area contributed by atoms with Crippen LogP contribution in [0, 0.1) is 6.92 Å². The number of benzene rings is 1. The molecule has 1 aliphatic carbocycles. The number of carbonyl (C=O) groups is 1. The lowest BCUT2D eigenvalue weighted by molar-refractivity contribution is -0.114. The Hall–Kier alpha value is -1.77. The van der Waals surface area contributed by atoms with E-state index < -0.39 is 0 Å². The molecule has 2 rings (SSSR count). The van der Waals surface area contributed by atoms with E-state index in [4.69, 9.17) is 0 Å². The zero-order valence-corrected chi connectivity index (χ0v) is 9.29. The average Bonchev–Trinajstić information content (AvgIpc) is 2.66. The minimum Gasteiger partial charge on any atom is -0.506 e. The first-order valence-electron chi connectivity index (χ1n) is 5.45. The molecule has 2 N–H and O–H groups in total. The largest absolute Gasteiger partial charge is 0.506 e. The summed E-state index contributed by atoms with van der Waals surface area (Å²) >= 11 is 0. The molecule has 3 nitrogen and oxygen atoms in total. The molecule has 1 saturated carbocycles. The molecule has 1 aliphatic rings. The third-order valence-corrected chi connectivity index (χ3v) is 2.76. The van der Waals surface area contributed by atoms with Gasteiger partial charge in [0.15, 0.2) is 5.78 Å². The van der Waals surface area contributed by atoms with Gasteiger partial charge in [-0.25, -0.2) is 0 Å². The first kappa shape index (κ1) is 10.7. The SMILES string of the molecule is Cc1ccc(O)c(N/C=C2\CCCC2=O)c1. The number of Topliss-reactive ketones (excluding diaryl/α,β-unsaturated/α-hetero) is 1. The number of phenols is 1. The quantitative estimate of drug-likeness (QED) is 0.591. The smallest absolute Gasteiger partial charge is 0.160 e. The first-order chi connectivity index (χ1) is 7.66. The van der Waals surface area contributed by atoms with Crippen molar-refractivity contribution >= 4 is 11.5 Å². The molecule has 0 aromatic heterocycles. The highest BCUT2D eigenvalue weighted by atomic mass is 16.3. The van der Waals surface area contributed by atoms with E-state index in [1.807, 2.05) is 19.1 Å². The Morgan fingerprint density at radius 3 is 2.88 bits per heavy atom. The van der Waals surface area contributed by atoms with Crippen molar-refractivity contribution < 1.29 is 9.90 Å². The number of anilines is 1. The highest BCUT2D eigenvalue weighted by Crippen LogP contribution is 2.25. The third kappa shape index (κ3) is 2.24. The van der Waals surface area contributed by atoms with Crippen LogP contribution in [0.2, 0.25) is 0 Å². The molecule has 0 unspecified atom stereocenters. The van der Waals surface area contributed by atoms with Crippen LogP contribution in [-0.2, 0) is 4.79 Å². The number of aryl methyl sites for hydroxylation is 1. The van der Waals surface area contributed by atoms with Crippen molar-refractivity contribution in [3.05, 3.63) is 35.5 Å². The van der Waals surface area contributed by atoms with Crippen LogP contribution in [0.3, 0.4) is 0 Å². The van der Waals surface area contributed by atoms with Crippen LogP contribution in [0.5, 0.6) is 5.75 Å². The van der Waals surface area contributed by atoms with Gasteiger partial charge in [-0.3, -0.25) is 4.79 Å². The number of hydrogen-bond donors (Lipinski definition) is 2. The van der Waals surface area contributed by atoms with Crippen molar-refractivity contribution in [2.75, 3.05) is 5.32 Å². The first-order valence-corrected chi connectivity index (χ1v) is 5.45. The lowest BCUT2D eigenvalue weighted by Crippen LogP contribution is -1.97. The fourth-order valence-electron chi connectivity index (χ4n) is 1.82. The summed E-state index contributed by atoms with van der Waals surface area (Å²) in [6, 6.07) is 5.34. The number of aromatic hydroxyl groups is 1. The predicted octanol–water partition coefficient (Wildman–Crippen LogP) is 2.75. The number of carbonyl (C=O) groups excluding carboxylic acids is 1. The van der Waals surface area contributed by atoms with E-state index in [0.717, 1.165) is 24.0 Å². The number of ketones is 1. The summed E-state index contributed by atoms with van der Waals surface area (Å²) in [5, 5.41) is 12.6. The van der Waals surface area contributed by atoms with Crippen LogP contribution in [-0.4, -0.2) is 10.9 Å². The van der Waals surface area contributed by atoms with Crippen molar-refractivity contribution in [3.63, 3.8) is 0 Å². The minimum absolute atomic E-state index is 0.202. The molecule has 0 spiro atoms. The summed E-state index contributed by atoms with van der Waals surface area (Å²) in [7, 11) is 0. The standard InChI is InChI=1S/C13H15NO2/c1-9-5-6-13(16)11(7-9)14-8-10-3-2-4-12(10)15/h5-8,14,16H,2-4H2,1H3/b10-8+. The van der Waals surface area contributed by atoms with Crippen LogP contribution in [0.4, 0.5) is 5.69 Å². The summed E-state index contributed by atoms with van der Waals surface area (Å²) in [4.78, 5) is 11.4. The van der Waals surface area contributed by atoms with Gasteiger partial charge in [-0.05, 0) is 37.5 Å². The van der Waals surface area contributed by atoms with Crippen LogP contribution in [0.1, 0.15) is 24.8 Å². The Kier molecular flexibility index (Phi) is 2.95. The van der Waals surface area contributed by atoms with Crippen LogP contribution >= 0.6 is 0 Å². The van der Waals surface area contributed by atoms with Crippen LogP contribution in [0.25, 0.3) is 0 Å². The van der Waals surface area contributed by atoms with Gasteiger partial charge in [-0.1, -0.05) is 6.07 Å². The van der Waals surface area contributed by atoms with Gasteiger partial charge in [0.1, 0.15) is 5.75 Å². The van der Waals surface area contributed by atoms with Crippen LogP contribution in [0.15, 0.2) is 30.0 Å². The Bertz CT molecular complexity index is 449. The molecule has 0 atom stereocenters. The topological polar surface area (TPSA) is 49.3 Å². The molecule has 0 radical (unpaired) electrons. The third-order valence-electron chi connectivity index (χ3n) is 2.76.